The SMILES string of the molecule is Cc1ccc(C(NC(=O)C2CC3CCCC(C2)C32SCCS2)c2ccccc2)cc1. The van der Waals surface area contributed by atoms with Gasteiger partial charge in [-0.15, -0.1) is 23.5 Å². The van der Waals surface area contributed by atoms with Gasteiger partial charge in [-0.2, -0.15) is 0 Å². The van der Waals surface area contributed by atoms with Crippen LogP contribution in [0.25, 0.3) is 0 Å². The molecule has 1 N–H and O–H groups in total. The highest BCUT2D eigenvalue weighted by molar-refractivity contribution is 8.21. The molecular formula is C26H31NOS2. The van der Waals surface area contributed by atoms with Crippen LogP contribution in [0, 0.1) is 24.7 Å². The van der Waals surface area contributed by atoms with E-state index in [1.165, 1.54) is 36.3 Å². The minimum Gasteiger partial charge on any atom is -0.345 e. The molecule has 2 saturated carbocycles. The number of thioether (sulfide) groups is 2. The molecule has 158 valence electrons. The largest absolute Gasteiger partial charge is 0.345 e. The zero-order valence-corrected chi connectivity index (χ0v) is 19.3. The Hall–Kier alpha value is -1.39. The summed E-state index contributed by atoms with van der Waals surface area (Å²) in [7, 11) is 0. The van der Waals surface area contributed by atoms with Gasteiger partial charge in [-0.3, -0.25) is 4.79 Å². The van der Waals surface area contributed by atoms with E-state index in [0.717, 1.165) is 24.0 Å². The summed E-state index contributed by atoms with van der Waals surface area (Å²) in [6.07, 6.45) is 6.10. The number of carbonyl (C=O) groups excluding carboxylic acids is 1. The van der Waals surface area contributed by atoms with E-state index < -0.39 is 0 Å². The number of amides is 1. The van der Waals surface area contributed by atoms with Crippen LogP contribution in [-0.2, 0) is 4.79 Å². The Morgan fingerprint density at radius 3 is 2.17 bits per heavy atom. The van der Waals surface area contributed by atoms with E-state index in [4.69, 9.17) is 0 Å². The highest BCUT2D eigenvalue weighted by Crippen LogP contribution is 2.64. The van der Waals surface area contributed by atoms with Gasteiger partial charge in [-0.05, 0) is 55.6 Å². The van der Waals surface area contributed by atoms with E-state index in [-0.39, 0.29) is 17.9 Å². The summed E-state index contributed by atoms with van der Waals surface area (Å²) in [6, 6.07) is 18.9. The zero-order chi connectivity index (χ0) is 20.6. The topological polar surface area (TPSA) is 29.1 Å². The molecular weight excluding hydrogens is 406 g/mol. The standard InChI is InChI=1S/C26H31NOS2/c1-18-10-12-20(13-11-18)24(19-6-3-2-4-7-19)27-25(28)21-16-22-8-5-9-23(17-21)26(22)29-14-15-30-26/h2-4,6-7,10-13,21-24H,5,8-9,14-17H2,1H3,(H,27,28). The number of nitrogens with one attached hydrogen (secondary N) is 1. The molecule has 4 heteroatoms. The number of rotatable bonds is 4. The van der Waals surface area contributed by atoms with Crippen molar-refractivity contribution in [2.75, 3.05) is 11.5 Å². The molecule has 2 aromatic rings. The number of hydrogen-bond acceptors (Lipinski definition) is 3. The molecule has 1 amide bonds. The molecule has 30 heavy (non-hydrogen) atoms. The second-order valence-corrected chi connectivity index (χ2v) is 12.2. The Morgan fingerprint density at radius 2 is 1.53 bits per heavy atom. The highest BCUT2D eigenvalue weighted by Gasteiger charge is 2.55. The third-order valence-electron chi connectivity index (χ3n) is 7.32. The smallest absolute Gasteiger partial charge is 0.223 e. The van der Waals surface area contributed by atoms with Crippen LogP contribution < -0.4 is 5.32 Å². The molecule has 1 aliphatic heterocycles. The summed E-state index contributed by atoms with van der Waals surface area (Å²) in [6.45, 7) is 2.11. The van der Waals surface area contributed by atoms with Crippen LogP contribution in [0.1, 0.15) is 54.8 Å². The van der Waals surface area contributed by atoms with Gasteiger partial charge in [-0.25, -0.2) is 0 Å². The summed E-state index contributed by atoms with van der Waals surface area (Å²) >= 11 is 4.42. The first kappa shape index (κ1) is 20.5. The Morgan fingerprint density at radius 1 is 0.933 bits per heavy atom. The predicted octanol–water partition coefficient (Wildman–Crippen LogP) is 6.20. The van der Waals surface area contributed by atoms with Crippen molar-refractivity contribution in [2.45, 2.75) is 49.1 Å². The molecule has 1 spiro atoms. The normalized spacial score (nSPS) is 28.2. The maximum Gasteiger partial charge on any atom is 0.223 e. The maximum atomic E-state index is 13.5. The summed E-state index contributed by atoms with van der Waals surface area (Å²) in [5.41, 5.74) is 3.56. The van der Waals surface area contributed by atoms with Crippen molar-refractivity contribution in [3.8, 4) is 0 Å². The van der Waals surface area contributed by atoms with Gasteiger partial charge < -0.3 is 5.32 Å². The van der Waals surface area contributed by atoms with E-state index >= 15 is 0 Å². The Kier molecular flexibility index (Phi) is 5.90. The van der Waals surface area contributed by atoms with Gasteiger partial charge in [0, 0.05) is 17.4 Å². The van der Waals surface area contributed by atoms with Gasteiger partial charge in [0.25, 0.3) is 0 Å². The van der Waals surface area contributed by atoms with Crippen molar-refractivity contribution in [3.63, 3.8) is 0 Å². The minimum absolute atomic E-state index is 0.0785. The molecule has 0 aromatic heterocycles. The number of carbonyl (C=O) groups is 1. The lowest BCUT2D eigenvalue weighted by molar-refractivity contribution is -0.128. The third kappa shape index (κ3) is 3.82. The number of hydrogen-bond donors (Lipinski definition) is 1. The molecule has 2 bridgehead atoms. The monoisotopic (exact) mass is 437 g/mol. The van der Waals surface area contributed by atoms with Crippen LogP contribution in [0.3, 0.4) is 0 Å². The summed E-state index contributed by atoms with van der Waals surface area (Å²) in [5.74, 6) is 4.39. The summed E-state index contributed by atoms with van der Waals surface area (Å²) < 4.78 is 0.421. The number of aryl methyl sites for hydroxylation is 1. The van der Waals surface area contributed by atoms with Gasteiger partial charge in [0.1, 0.15) is 0 Å². The number of benzene rings is 2. The molecule has 3 aliphatic rings. The molecule has 5 rings (SSSR count). The first-order chi connectivity index (χ1) is 14.7. The molecule has 1 heterocycles. The van der Waals surface area contributed by atoms with Crippen LogP contribution in [-0.4, -0.2) is 21.5 Å². The van der Waals surface area contributed by atoms with Crippen molar-refractivity contribution in [1.29, 1.82) is 0 Å². The van der Waals surface area contributed by atoms with Crippen molar-refractivity contribution < 1.29 is 4.79 Å². The van der Waals surface area contributed by atoms with Gasteiger partial charge in [0.2, 0.25) is 5.91 Å². The minimum atomic E-state index is -0.0785. The summed E-state index contributed by atoms with van der Waals surface area (Å²) in [5, 5.41) is 3.45. The van der Waals surface area contributed by atoms with E-state index in [2.05, 4.69) is 84.3 Å². The van der Waals surface area contributed by atoms with E-state index in [1.54, 1.807) is 0 Å². The second kappa shape index (κ2) is 8.63. The highest BCUT2D eigenvalue weighted by atomic mass is 32.2. The fourth-order valence-corrected chi connectivity index (χ4v) is 9.78. The molecule has 1 saturated heterocycles. The van der Waals surface area contributed by atoms with Gasteiger partial charge in [0.15, 0.2) is 0 Å². The first-order valence-corrected chi connectivity index (χ1v) is 13.3. The van der Waals surface area contributed by atoms with E-state index in [1.807, 2.05) is 6.07 Å². The zero-order valence-electron chi connectivity index (χ0n) is 17.7. The van der Waals surface area contributed by atoms with Crippen molar-refractivity contribution in [3.05, 3.63) is 71.3 Å². The molecule has 2 nitrogen and oxygen atoms in total. The van der Waals surface area contributed by atoms with Crippen molar-refractivity contribution in [2.24, 2.45) is 17.8 Å². The van der Waals surface area contributed by atoms with Gasteiger partial charge >= 0.3 is 0 Å². The fourth-order valence-electron chi connectivity index (χ4n) is 5.85. The van der Waals surface area contributed by atoms with Gasteiger partial charge in [0.05, 0.1) is 10.1 Å². The molecule has 3 fully saturated rings. The maximum absolute atomic E-state index is 13.5. The Balaban J connectivity index is 1.36. The fraction of sp³-hybridized carbons (Fsp3) is 0.500. The Labute approximate surface area is 189 Å². The van der Waals surface area contributed by atoms with Crippen LogP contribution in [0.5, 0.6) is 0 Å². The Bertz CT molecular complexity index is 860. The molecule has 0 radical (unpaired) electrons. The van der Waals surface area contributed by atoms with Crippen LogP contribution in [0.2, 0.25) is 0 Å². The van der Waals surface area contributed by atoms with E-state index in [9.17, 15) is 4.79 Å². The lowest BCUT2D eigenvalue weighted by Gasteiger charge is -2.52. The molecule has 2 aliphatic carbocycles. The second-order valence-electron chi connectivity index (χ2n) is 9.17. The summed E-state index contributed by atoms with van der Waals surface area (Å²) in [4.78, 5) is 13.5. The average molecular weight is 438 g/mol. The lowest BCUT2D eigenvalue weighted by atomic mass is 9.67. The first-order valence-electron chi connectivity index (χ1n) is 11.4. The predicted molar refractivity (Wildman–Crippen MR) is 129 cm³/mol. The quantitative estimate of drug-likeness (QED) is 0.617. The van der Waals surface area contributed by atoms with Crippen LogP contribution in [0.4, 0.5) is 0 Å². The average Bonchev–Trinajstić information content (AvgIpc) is 3.22. The molecule has 3 unspecified atom stereocenters. The van der Waals surface area contributed by atoms with Gasteiger partial charge in [-0.1, -0.05) is 66.6 Å². The third-order valence-corrected chi connectivity index (χ3v) is 11.3. The van der Waals surface area contributed by atoms with Crippen molar-refractivity contribution in [1.82, 2.24) is 5.32 Å². The van der Waals surface area contributed by atoms with E-state index in [0.29, 0.717) is 15.9 Å². The molecule has 3 atom stereocenters. The van der Waals surface area contributed by atoms with Crippen LogP contribution >= 0.6 is 23.5 Å². The van der Waals surface area contributed by atoms with Crippen molar-refractivity contribution >= 4 is 29.4 Å². The van der Waals surface area contributed by atoms with Crippen LogP contribution in [0.15, 0.2) is 54.6 Å². The molecule has 2 aromatic carbocycles. The lowest BCUT2D eigenvalue weighted by Crippen LogP contribution is -2.50.